The number of nitrogens with two attached hydrogens (primary N) is 1. The van der Waals surface area contributed by atoms with Crippen LogP contribution in [-0.4, -0.2) is 57.0 Å². The van der Waals surface area contributed by atoms with E-state index in [9.17, 15) is 0 Å². The van der Waals surface area contributed by atoms with Gasteiger partial charge in [0.2, 0.25) is 0 Å². The molecule has 1 atom stereocenters. The predicted octanol–water partition coefficient (Wildman–Crippen LogP) is 1.88. The molecule has 0 rings (SSSR count). The molecule has 0 aromatic carbocycles. The molecule has 0 aromatic rings. The maximum atomic E-state index is 5.93. The Morgan fingerprint density at radius 2 is 1.83 bits per heavy atom. The molecule has 2 N–H and O–H groups in total. The maximum absolute atomic E-state index is 5.93. The second-order valence-electron chi connectivity index (χ2n) is 5.00. The van der Waals surface area contributed by atoms with E-state index in [0.29, 0.717) is 19.8 Å². The predicted molar refractivity (Wildman–Crippen MR) is 76.9 cm³/mol. The topological polar surface area (TPSA) is 47.7 Å². The molecule has 0 amide bonds. The minimum Gasteiger partial charge on any atom is -0.382 e. The second-order valence-corrected chi connectivity index (χ2v) is 5.00. The van der Waals surface area contributed by atoms with Gasteiger partial charge < -0.3 is 15.2 Å². The zero-order valence-corrected chi connectivity index (χ0v) is 12.7. The summed E-state index contributed by atoms with van der Waals surface area (Å²) < 4.78 is 10.4. The molecule has 18 heavy (non-hydrogen) atoms. The second kappa shape index (κ2) is 10.7. The molecule has 4 nitrogen and oxygen atoms in total. The summed E-state index contributed by atoms with van der Waals surface area (Å²) in [5, 5.41) is 0. The largest absolute Gasteiger partial charge is 0.382 e. The molecule has 0 saturated carbocycles. The van der Waals surface area contributed by atoms with Crippen LogP contribution in [0.4, 0.5) is 0 Å². The van der Waals surface area contributed by atoms with E-state index in [1.165, 1.54) is 6.42 Å². The Morgan fingerprint density at radius 1 is 1.11 bits per heavy atom. The molecule has 0 spiro atoms. The smallest absolute Gasteiger partial charge is 0.0700 e. The molecule has 1 unspecified atom stereocenters. The van der Waals surface area contributed by atoms with Gasteiger partial charge in [-0.25, -0.2) is 0 Å². The molecule has 0 fully saturated rings. The molecule has 0 aromatic heterocycles. The Kier molecular flexibility index (Phi) is 10.6. The Morgan fingerprint density at radius 3 is 2.33 bits per heavy atom. The fraction of sp³-hybridized carbons (Fsp3) is 1.00. The van der Waals surface area contributed by atoms with Crippen LogP contribution in [0.3, 0.4) is 0 Å². The number of hydrogen-bond acceptors (Lipinski definition) is 4. The summed E-state index contributed by atoms with van der Waals surface area (Å²) in [5.41, 5.74) is 6.06. The van der Waals surface area contributed by atoms with E-state index in [0.717, 1.165) is 32.5 Å². The lowest BCUT2D eigenvalue weighted by molar-refractivity contribution is 0.0524. The highest BCUT2D eigenvalue weighted by atomic mass is 16.5. The first-order valence-electron chi connectivity index (χ1n) is 7.16. The van der Waals surface area contributed by atoms with Crippen LogP contribution in [0.25, 0.3) is 0 Å². The molecular formula is C14H32N2O2. The molecule has 0 saturated heterocycles. The first-order valence-corrected chi connectivity index (χ1v) is 7.16. The van der Waals surface area contributed by atoms with Crippen molar-refractivity contribution in [3.8, 4) is 0 Å². The number of nitrogens with zero attached hydrogens (tertiary/aromatic N) is 1. The summed E-state index contributed by atoms with van der Waals surface area (Å²) >= 11 is 0. The van der Waals surface area contributed by atoms with Gasteiger partial charge in [0.15, 0.2) is 0 Å². The first-order chi connectivity index (χ1) is 8.64. The van der Waals surface area contributed by atoms with Gasteiger partial charge in [-0.05, 0) is 32.7 Å². The zero-order valence-electron chi connectivity index (χ0n) is 12.7. The third-order valence-corrected chi connectivity index (χ3v) is 3.61. The van der Waals surface area contributed by atoms with Gasteiger partial charge in [-0.2, -0.15) is 0 Å². The lowest BCUT2D eigenvalue weighted by atomic mass is 9.96. The van der Waals surface area contributed by atoms with E-state index in [1.54, 1.807) is 7.11 Å². The van der Waals surface area contributed by atoms with E-state index in [1.807, 2.05) is 0 Å². The van der Waals surface area contributed by atoms with Crippen molar-refractivity contribution in [2.45, 2.75) is 45.6 Å². The molecular weight excluding hydrogens is 228 g/mol. The lowest BCUT2D eigenvalue weighted by Gasteiger charge is -2.40. The molecule has 0 bridgehead atoms. The third kappa shape index (κ3) is 6.69. The normalized spacial score (nSPS) is 15.0. The molecule has 0 aliphatic carbocycles. The third-order valence-electron chi connectivity index (χ3n) is 3.61. The minimum absolute atomic E-state index is 0.128. The van der Waals surface area contributed by atoms with Gasteiger partial charge in [-0.15, -0.1) is 0 Å². The molecule has 0 aliphatic rings. The van der Waals surface area contributed by atoms with Crippen LogP contribution in [-0.2, 0) is 9.47 Å². The van der Waals surface area contributed by atoms with E-state index >= 15 is 0 Å². The van der Waals surface area contributed by atoms with Crippen molar-refractivity contribution in [2.75, 3.05) is 46.6 Å². The van der Waals surface area contributed by atoms with Crippen molar-refractivity contribution < 1.29 is 9.47 Å². The van der Waals surface area contributed by atoms with Crippen LogP contribution in [0.2, 0.25) is 0 Å². The van der Waals surface area contributed by atoms with Crippen molar-refractivity contribution in [1.29, 1.82) is 0 Å². The Hall–Kier alpha value is -0.160. The van der Waals surface area contributed by atoms with E-state index in [2.05, 4.69) is 25.7 Å². The van der Waals surface area contributed by atoms with Crippen LogP contribution in [0, 0.1) is 0 Å². The van der Waals surface area contributed by atoms with Gasteiger partial charge in [0.05, 0.1) is 13.2 Å². The molecule has 0 radical (unpaired) electrons. The average molecular weight is 260 g/mol. The number of hydrogen-bond donors (Lipinski definition) is 1. The van der Waals surface area contributed by atoms with Crippen LogP contribution < -0.4 is 5.73 Å². The summed E-state index contributed by atoms with van der Waals surface area (Å²) in [6.07, 6.45) is 3.31. The summed E-state index contributed by atoms with van der Waals surface area (Å²) in [7, 11) is 1.69. The SMILES string of the molecule is CCCN(CCCOCCOC)C(C)(CC)CN. The minimum atomic E-state index is 0.128. The van der Waals surface area contributed by atoms with Crippen molar-refractivity contribution in [2.24, 2.45) is 5.73 Å². The van der Waals surface area contributed by atoms with Crippen LogP contribution in [0.5, 0.6) is 0 Å². The van der Waals surface area contributed by atoms with E-state index in [-0.39, 0.29) is 5.54 Å². The van der Waals surface area contributed by atoms with Gasteiger partial charge in [-0.1, -0.05) is 13.8 Å². The standard InChI is InChI=1S/C14H32N2O2/c1-5-8-16(14(3,6-2)13-15)9-7-10-18-12-11-17-4/h5-13,15H2,1-4H3. The quantitative estimate of drug-likeness (QED) is 0.544. The van der Waals surface area contributed by atoms with Gasteiger partial charge >= 0.3 is 0 Å². The van der Waals surface area contributed by atoms with Crippen molar-refractivity contribution in [1.82, 2.24) is 4.90 Å². The molecule has 4 heteroatoms. The average Bonchev–Trinajstić information content (AvgIpc) is 2.40. The van der Waals surface area contributed by atoms with Crippen LogP contribution in [0.15, 0.2) is 0 Å². The fourth-order valence-corrected chi connectivity index (χ4v) is 2.02. The van der Waals surface area contributed by atoms with Gasteiger partial charge in [0, 0.05) is 32.3 Å². The first kappa shape index (κ1) is 17.8. The number of rotatable bonds is 12. The highest BCUT2D eigenvalue weighted by molar-refractivity contribution is 4.85. The Balaban J connectivity index is 3.96. The molecule has 0 heterocycles. The van der Waals surface area contributed by atoms with E-state index in [4.69, 9.17) is 15.2 Å². The van der Waals surface area contributed by atoms with Crippen molar-refractivity contribution in [3.05, 3.63) is 0 Å². The molecule has 110 valence electrons. The van der Waals surface area contributed by atoms with Crippen LogP contribution >= 0.6 is 0 Å². The van der Waals surface area contributed by atoms with Gasteiger partial charge in [0.1, 0.15) is 0 Å². The van der Waals surface area contributed by atoms with Gasteiger partial charge in [-0.3, -0.25) is 4.90 Å². The summed E-state index contributed by atoms with van der Waals surface area (Å²) in [5.74, 6) is 0. The van der Waals surface area contributed by atoms with Gasteiger partial charge in [0.25, 0.3) is 0 Å². The highest BCUT2D eigenvalue weighted by Gasteiger charge is 2.27. The summed E-state index contributed by atoms with van der Waals surface area (Å²) in [4.78, 5) is 2.51. The Bertz CT molecular complexity index is 185. The molecule has 0 aliphatic heterocycles. The van der Waals surface area contributed by atoms with Crippen LogP contribution in [0.1, 0.15) is 40.0 Å². The highest BCUT2D eigenvalue weighted by Crippen LogP contribution is 2.18. The monoisotopic (exact) mass is 260 g/mol. The van der Waals surface area contributed by atoms with E-state index < -0.39 is 0 Å². The van der Waals surface area contributed by atoms with Crippen molar-refractivity contribution >= 4 is 0 Å². The number of ether oxygens (including phenoxy) is 2. The Labute approximate surface area is 113 Å². The fourth-order valence-electron chi connectivity index (χ4n) is 2.02. The lowest BCUT2D eigenvalue weighted by Crippen LogP contribution is -2.52. The number of methoxy groups -OCH3 is 1. The zero-order chi connectivity index (χ0) is 13.9. The maximum Gasteiger partial charge on any atom is 0.0700 e. The summed E-state index contributed by atoms with van der Waals surface area (Å²) in [6.45, 7) is 11.7. The summed E-state index contributed by atoms with van der Waals surface area (Å²) in [6, 6.07) is 0. The van der Waals surface area contributed by atoms with Crippen molar-refractivity contribution in [3.63, 3.8) is 0 Å².